The van der Waals surface area contributed by atoms with Crippen molar-refractivity contribution in [3.05, 3.63) is 111 Å². The normalized spacial score (nSPS) is 17.9. The van der Waals surface area contributed by atoms with Gasteiger partial charge in [-0.3, -0.25) is 9.59 Å². The highest BCUT2D eigenvalue weighted by atomic mass is 79.9. The van der Waals surface area contributed by atoms with E-state index in [9.17, 15) is 14.7 Å². The van der Waals surface area contributed by atoms with Crippen molar-refractivity contribution in [3.8, 4) is 0 Å². The van der Waals surface area contributed by atoms with E-state index in [1.165, 1.54) is 4.90 Å². The molecule has 0 aromatic heterocycles. The molecule has 1 amide bonds. The van der Waals surface area contributed by atoms with Crippen LogP contribution in [0.2, 0.25) is 0 Å². The first kappa shape index (κ1) is 21.1. The third-order valence-electron chi connectivity index (χ3n) is 5.55. The molecule has 31 heavy (non-hydrogen) atoms. The quantitative estimate of drug-likeness (QED) is 0.299. The van der Waals surface area contributed by atoms with Gasteiger partial charge in [-0.1, -0.05) is 76.1 Å². The smallest absolute Gasteiger partial charge is 0.295 e. The van der Waals surface area contributed by atoms with Crippen LogP contribution < -0.4 is 0 Å². The van der Waals surface area contributed by atoms with Crippen molar-refractivity contribution < 1.29 is 14.7 Å². The molecule has 0 radical (unpaired) electrons. The number of aliphatic hydroxyl groups is 1. The second kappa shape index (κ2) is 8.52. The summed E-state index contributed by atoms with van der Waals surface area (Å²) in [5, 5.41) is 11.3. The molecule has 1 N–H and O–H groups in total. The molecule has 0 spiro atoms. The average molecular weight is 476 g/mol. The molecule has 1 fully saturated rings. The van der Waals surface area contributed by atoms with E-state index in [2.05, 4.69) is 15.9 Å². The Bertz CT molecular complexity index is 1200. The molecular formula is C26H22BrNO3. The molecule has 3 aromatic carbocycles. The predicted octanol–water partition coefficient (Wildman–Crippen LogP) is 5.69. The van der Waals surface area contributed by atoms with Gasteiger partial charge < -0.3 is 10.0 Å². The lowest BCUT2D eigenvalue weighted by Gasteiger charge is -2.25. The lowest BCUT2D eigenvalue weighted by atomic mass is 9.93. The third-order valence-corrected chi connectivity index (χ3v) is 6.04. The molecule has 0 saturated carbocycles. The zero-order valence-electron chi connectivity index (χ0n) is 17.3. The molecule has 4 rings (SSSR count). The van der Waals surface area contributed by atoms with Crippen molar-refractivity contribution in [1.29, 1.82) is 0 Å². The Labute approximate surface area is 190 Å². The van der Waals surface area contributed by atoms with Crippen LogP contribution in [0, 0.1) is 13.8 Å². The second-order valence-electron chi connectivity index (χ2n) is 7.79. The van der Waals surface area contributed by atoms with Gasteiger partial charge in [0.1, 0.15) is 5.76 Å². The van der Waals surface area contributed by atoms with E-state index in [-0.39, 0.29) is 17.9 Å². The molecule has 1 heterocycles. The molecule has 0 bridgehead atoms. The highest BCUT2D eigenvalue weighted by Gasteiger charge is 2.46. The van der Waals surface area contributed by atoms with Gasteiger partial charge in [-0.25, -0.2) is 0 Å². The number of aryl methyl sites for hydroxylation is 2. The van der Waals surface area contributed by atoms with Crippen molar-refractivity contribution in [2.24, 2.45) is 0 Å². The number of benzene rings is 3. The molecule has 5 heteroatoms. The number of halogens is 1. The summed E-state index contributed by atoms with van der Waals surface area (Å²) in [6, 6.07) is 22.0. The maximum absolute atomic E-state index is 13.2. The van der Waals surface area contributed by atoms with Gasteiger partial charge in [0.05, 0.1) is 11.6 Å². The van der Waals surface area contributed by atoms with Crippen LogP contribution in [-0.4, -0.2) is 21.7 Å². The number of Topliss-reactive ketones (excluding diaryl/α,β-unsaturated/α-hetero) is 1. The average Bonchev–Trinajstić information content (AvgIpc) is 3.00. The fourth-order valence-electron chi connectivity index (χ4n) is 3.98. The minimum atomic E-state index is -0.683. The van der Waals surface area contributed by atoms with Gasteiger partial charge in [0.2, 0.25) is 0 Å². The van der Waals surface area contributed by atoms with Crippen LogP contribution >= 0.6 is 15.9 Å². The van der Waals surface area contributed by atoms with Gasteiger partial charge in [-0.15, -0.1) is 0 Å². The van der Waals surface area contributed by atoms with Crippen molar-refractivity contribution in [2.45, 2.75) is 26.4 Å². The van der Waals surface area contributed by atoms with Crippen molar-refractivity contribution >= 4 is 33.4 Å². The minimum Gasteiger partial charge on any atom is -0.507 e. The zero-order chi connectivity index (χ0) is 22.1. The van der Waals surface area contributed by atoms with Gasteiger partial charge >= 0.3 is 0 Å². The van der Waals surface area contributed by atoms with Crippen LogP contribution in [0.3, 0.4) is 0 Å². The minimum absolute atomic E-state index is 0.118. The molecule has 1 atom stereocenters. The van der Waals surface area contributed by atoms with Crippen LogP contribution in [0.1, 0.15) is 33.9 Å². The van der Waals surface area contributed by atoms with E-state index in [4.69, 9.17) is 0 Å². The highest BCUT2D eigenvalue weighted by Crippen LogP contribution is 2.41. The summed E-state index contributed by atoms with van der Waals surface area (Å²) < 4.78 is 0.835. The lowest BCUT2D eigenvalue weighted by molar-refractivity contribution is -0.140. The molecular weight excluding hydrogens is 454 g/mol. The summed E-state index contributed by atoms with van der Waals surface area (Å²) in [6.07, 6.45) is 0. The summed E-state index contributed by atoms with van der Waals surface area (Å²) >= 11 is 3.48. The van der Waals surface area contributed by atoms with Gasteiger partial charge in [0, 0.05) is 16.6 Å². The Kier molecular flexibility index (Phi) is 5.79. The fourth-order valence-corrected chi connectivity index (χ4v) is 4.40. The van der Waals surface area contributed by atoms with E-state index >= 15 is 0 Å². The highest BCUT2D eigenvalue weighted by molar-refractivity contribution is 9.10. The molecule has 1 aliphatic heterocycles. The number of hydrogen-bond donors (Lipinski definition) is 1. The number of nitrogens with zero attached hydrogens (tertiary/aromatic N) is 1. The number of aliphatic hydroxyl groups excluding tert-OH is 1. The molecule has 1 unspecified atom stereocenters. The van der Waals surface area contributed by atoms with Gasteiger partial charge in [-0.05, 0) is 48.7 Å². The molecule has 0 aliphatic carbocycles. The van der Waals surface area contributed by atoms with Crippen LogP contribution in [0.15, 0.2) is 82.8 Å². The fraction of sp³-hybridized carbons (Fsp3) is 0.154. The Morgan fingerprint density at radius 1 is 0.968 bits per heavy atom. The van der Waals surface area contributed by atoms with Crippen molar-refractivity contribution in [2.75, 3.05) is 0 Å². The molecule has 4 nitrogen and oxygen atoms in total. The number of rotatable bonds is 4. The standard InChI is InChI=1S/C26H22BrNO3/c1-16-11-12-17(2)21(13-16)24(29)22-23(19-9-6-10-20(27)14-19)28(26(31)25(22)30)15-18-7-4-3-5-8-18/h3-14,23,29H,15H2,1-2H3/b24-22+. The SMILES string of the molecule is Cc1ccc(C)c(/C(O)=C2\C(=O)C(=O)N(Cc3ccccc3)C2c2cccc(Br)c2)c1. The Morgan fingerprint density at radius 2 is 1.71 bits per heavy atom. The summed E-state index contributed by atoms with van der Waals surface area (Å²) in [6.45, 7) is 4.07. The summed E-state index contributed by atoms with van der Waals surface area (Å²) in [4.78, 5) is 27.8. The topological polar surface area (TPSA) is 57.6 Å². The summed E-state index contributed by atoms with van der Waals surface area (Å²) in [5.74, 6) is -1.42. The largest absolute Gasteiger partial charge is 0.507 e. The first-order valence-corrected chi connectivity index (χ1v) is 10.8. The number of carbonyl (C=O) groups is 2. The summed E-state index contributed by atoms with van der Waals surface area (Å²) in [7, 11) is 0. The first-order chi connectivity index (χ1) is 14.9. The Hall–Kier alpha value is -3.18. The van der Waals surface area contributed by atoms with Gasteiger partial charge in [0.15, 0.2) is 0 Å². The van der Waals surface area contributed by atoms with E-state index < -0.39 is 17.7 Å². The second-order valence-corrected chi connectivity index (χ2v) is 8.70. The maximum atomic E-state index is 13.2. The van der Waals surface area contributed by atoms with E-state index in [0.717, 1.165) is 26.7 Å². The molecule has 156 valence electrons. The van der Waals surface area contributed by atoms with Crippen LogP contribution in [-0.2, 0) is 16.1 Å². The van der Waals surface area contributed by atoms with E-state index in [1.54, 1.807) is 0 Å². The number of ketones is 1. The summed E-state index contributed by atoms with van der Waals surface area (Å²) in [5.41, 5.74) is 4.16. The molecule has 1 saturated heterocycles. The monoisotopic (exact) mass is 475 g/mol. The zero-order valence-corrected chi connectivity index (χ0v) is 18.9. The lowest BCUT2D eigenvalue weighted by Crippen LogP contribution is -2.29. The van der Waals surface area contributed by atoms with Crippen molar-refractivity contribution in [3.63, 3.8) is 0 Å². The number of hydrogen-bond acceptors (Lipinski definition) is 3. The van der Waals surface area contributed by atoms with Gasteiger partial charge in [0.25, 0.3) is 11.7 Å². The predicted molar refractivity (Wildman–Crippen MR) is 124 cm³/mol. The first-order valence-electron chi connectivity index (χ1n) is 10.0. The Morgan fingerprint density at radius 3 is 2.42 bits per heavy atom. The van der Waals surface area contributed by atoms with Crippen LogP contribution in [0.5, 0.6) is 0 Å². The maximum Gasteiger partial charge on any atom is 0.295 e. The van der Waals surface area contributed by atoms with Crippen LogP contribution in [0.4, 0.5) is 0 Å². The number of amides is 1. The van der Waals surface area contributed by atoms with E-state index in [1.807, 2.05) is 86.6 Å². The van der Waals surface area contributed by atoms with Gasteiger partial charge in [-0.2, -0.15) is 0 Å². The molecule has 3 aromatic rings. The number of carbonyl (C=O) groups excluding carboxylic acids is 2. The van der Waals surface area contributed by atoms with E-state index in [0.29, 0.717) is 5.56 Å². The van der Waals surface area contributed by atoms with Crippen LogP contribution in [0.25, 0.3) is 5.76 Å². The third kappa shape index (κ3) is 4.06. The van der Waals surface area contributed by atoms with Crippen molar-refractivity contribution in [1.82, 2.24) is 4.90 Å². The molecule has 1 aliphatic rings. The Balaban J connectivity index is 1.91. The number of likely N-dealkylation sites (tertiary alicyclic amines) is 1.